The Morgan fingerprint density at radius 1 is 1.33 bits per heavy atom. The van der Waals surface area contributed by atoms with Crippen LogP contribution >= 0.6 is 11.8 Å². The highest BCUT2D eigenvalue weighted by molar-refractivity contribution is 7.99. The van der Waals surface area contributed by atoms with E-state index in [1.807, 2.05) is 24.3 Å². The van der Waals surface area contributed by atoms with Crippen molar-refractivity contribution < 1.29 is 9.90 Å². The van der Waals surface area contributed by atoms with Crippen LogP contribution in [0, 0.1) is 0 Å². The van der Waals surface area contributed by atoms with Crippen LogP contribution in [0.3, 0.4) is 0 Å². The molecule has 0 bridgehead atoms. The first kappa shape index (κ1) is 11.9. The Morgan fingerprint density at radius 3 is 2.40 bits per heavy atom. The summed E-state index contributed by atoms with van der Waals surface area (Å²) < 4.78 is 0. The SMILES string of the molecule is CC(C)Sc1ccc(/C=C/C(=O)O)cc1. The molecular formula is C12H14O2S. The third-order valence-corrected chi connectivity index (χ3v) is 2.69. The van der Waals surface area contributed by atoms with Gasteiger partial charge in [-0.05, 0) is 23.8 Å². The molecular weight excluding hydrogens is 208 g/mol. The Kier molecular flexibility index (Phi) is 4.43. The van der Waals surface area contributed by atoms with E-state index < -0.39 is 5.97 Å². The Hall–Kier alpha value is -1.22. The monoisotopic (exact) mass is 222 g/mol. The second-order valence-electron chi connectivity index (χ2n) is 3.41. The Labute approximate surface area is 94.0 Å². The maximum absolute atomic E-state index is 10.3. The molecule has 1 N–H and O–H groups in total. The summed E-state index contributed by atoms with van der Waals surface area (Å²) in [7, 11) is 0. The smallest absolute Gasteiger partial charge is 0.328 e. The van der Waals surface area contributed by atoms with Gasteiger partial charge in [0.15, 0.2) is 0 Å². The van der Waals surface area contributed by atoms with Crippen molar-refractivity contribution in [2.24, 2.45) is 0 Å². The highest BCUT2D eigenvalue weighted by atomic mass is 32.2. The summed E-state index contributed by atoms with van der Waals surface area (Å²) in [6.07, 6.45) is 2.73. The summed E-state index contributed by atoms with van der Waals surface area (Å²) in [5.74, 6) is -0.921. The fourth-order valence-corrected chi connectivity index (χ4v) is 1.93. The average Bonchev–Trinajstić information content (AvgIpc) is 2.16. The number of hydrogen-bond acceptors (Lipinski definition) is 2. The van der Waals surface area contributed by atoms with E-state index in [0.29, 0.717) is 5.25 Å². The van der Waals surface area contributed by atoms with E-state index in [1.54, 1.807) is 17.8 Å². The first-order chi connectivity index (χ1) is 7.08. The van der Waals surface area contributed by atoms with E-state index >= 15 is 0 Å². The molecule has 1 aromatic carbocycles. The van der Waals surface area contributed by atoms with Crippen molar-refractivity contribution in [2.45, 2.75) is 24.0 Å². The van der Waals surface area contributed by atoms with E-state index in [1.165, 1.54) is 4.90 Å². The predicted octanol–water partition coefficient (Wildman–Crippen LogP) is 3.28. The molecule has 0 saturated carbocycles. The highest BCUT2D eigenvalue weighted by Gasteiger charge is 1.97. The van der Waals surface area contributed by atoms with Crippen LogP contribution < -0.4 is 0 Å². The topological polar surface area (TPSA) is 37.3 Å². The maximum atomic E-state index is 10.3. The van der Waals surface area contributed by atoms with Gasteiger partial charge in [-0.1, -0.05) is 26.0 Å². The Morgan fingerprint density at radius 2 is 1.93 bits per heavy atom. The lowest BCUT2D eigenvalue weighted by molar-refractivity contribution is -0.131. The molecule has 0 aliphatic heterocycles. The van der Waals surface area contributed by atoms with Gasteiger partial charge in [0.25, 0.3) is 0 Å². The summed E-state index contributed by atoms with van der Waals surface area (Å²) in [5, 5.41) is 9.02. The zero-order valence-electron chi connectivity index (χ0n) is 8.81. The maximum Gasteiger partial charge on any atom is 0.328 e. The van der Waals surface area contributed by atoms with E-state index in [2.05, 4.69) is 13.8 Å². The zero-order valence-corrected chi connectivity index (χ0v) is 9.62. The van der Waals surface area contributed by atoms with Crippen LogP contribution in [0.1, 0.15) is 19.4 Å². The van der Waals surface area contributed by atoms with Crippen molar-refractivity contribution in [1.29, 1.82) is 0 Å². The number of benzene rings is 1. The van der Waals surface area contributed by atoms with Gasteiger partial charge >= 0.3 is 5.97 Å². The van der Waals surface area contributed by atoms with Crippen molar-refractivity contribution in [3.05, 3.63) is 35.9 Å². The number of carboxylic acid groups (broad SMARTS) is 1. The van der Waals surface area contributed by atoms with Gasteiger partial charge in [-0.15, -0.1) is 11.8 Å². The summed E-state index contributed by atoms with van der Waals surface area (Å²) in [6, 6.07) is 7.85. The first-order valence-corrected chi connectivity index (χ1v) is 5.63. The summed E-state index contributed by atoms with van der Waals surface area (Å²) >= 11 is 1.79. The lowest BCUT2D eigenvalue weighted by Gasteiger charge is -2.04. The minimum Gasteiger partial charge on any atom is -0.478 e. The van der Waals surface area contributed by atoms with Gasteiger partial charge in [-0.25, -0.2) is 4.79 Å². The van der Waals surface area contributed by atoms with Gasteiger partial charge in [0.2, 0.25) is 0 Å². The van der Waals surface area contributed by atoms with Crippen LogP contribution in [0.4, 0.5) is 0 Å². The van der Waals surface area contributed by atoms with Gasteiger partial charge in [-0.2, -0.15) is 0 Å². The normalized spacial score (nSPS) is 11.1. The molecule has 15 heavy (non-hydrogen) atoms. The fraction of sp³-hybridized carbons (Fsp3) is 0.250. The lowest BCUT2D eigenvalue weighted by atomic mass is 10.2. The summed E-state index contributed by atoms with van der Waals surface area (Å²) in [6.45, 7) is 4.28. The molecule has 0 atom stereocenters. The molecule has 0 saturated heterocycles. The first-order valence-electron chi connectivity index (χ1n) is 4.75. The average molecular weight is 222 g/mol. The molecule has 0 amide bonds. The highest BCUT2D eigenvalue weighted by Crippen LogP contribution is 2.23. The lowest BCUT2D eigenvalue weighted by Crippen LogP contribution is -1.87. The largest absolute Gasteiger partial charge is 0.478 e. The van der Waals surface area contributed by atoms with Crippen molar-refractivity contribution in [3.8, 4) is 0 Å². The van der Waals surface area contributed by atoms with Crippen molar-refractivity contribution in [3.63, 3.8) is 0 Å². The Balaban J connectivity index is 2.68. The predicted molar refractivity (Wildman–Crippen MR) is 64.1 cm³/mol. The molecule has 0 aliphatic carbocycles. The number of carboxylic acids is 1. The van der Waals surface area contributed by atoms with E-state index in [9.17, 15) is 4.79 Å². The molecule has 0 aromatic heterocycles. The second kappa shape index (κ2) is 5.61. The van der Waals surface area contributed by atoms with Crippen LogP contribution in [-0.4, -0.2) is 16.3 Å². The molecule has 0 heterocycles. The molecule has 1 aromatic rings. The van der Waals surface area contributed by atoms with Crippen LogP contribution in [-0.2, 0) is 4.79 Å². The number of aliphatic carboxylic acids is 1. The molecule has 80 valence electrons. The second-order valence-corrected chi connectivity index (χ2v) is 5.06. The number of rotatable bonds is 4. The molecule has 3 heteroatoms. The van der Waals surface area contributed by atoms with Gasteiger partial charge in [0, 0.05) is 16.2 Å². The third kappa shape index (κ3) is 4.70. The molecule has 0 unspecified atom stereocenters. The standard InChI is InChI=1S/C12H14O2S/c1-9(2)15-11-6-3-10(4-7-11)5-8-12(13)14/h3-9H,1-2H3,(H,13,14)/b8-5+. The minimum absolute atomic E-state index is 0.561. The molecule has 1 rings (SSSR count). The molecule has 0 fully saturated rings. The fourth-order valence-electron chi connectivity index (χ4n) is 1.10. The van der Waals surface area contributed by atoms with Crippen LogP contribution in [0.2, 0.25) is 0 Å². The van der Waals surface area contributed by atoms with Crippen LogP contribution in [0.25, 0.3) is 6.08 Å². The van der Waals surface area contributed by atoms with Crippen LogP contribution in [0.15, 0.2) is 35.2 Å². The van der Waals surface area contributed by atoms with Gasteiger partial charge in [0.1, 0.15) is 0 Å². The zero-order chi connectivity index (χ0) is 11.3. The quantitative estimate of drug-likeness (QED) is 0.627. The van der Waals surface area contributed by atoms with Crippen molar-refractivity contribution in [2.75, 3.05) is 0 Å². The minimum atomic E-state index is -0.921. The van der Waals surface area contributed by atoms with E-state index in [0.717, 1.165) is 11.6 Å². The summed E-state index contributed by atoms with van der Waals surface area (Å²) in [4.78, 5) is 11.5. The number of carbonyl (C=O) groups is 1. The number of thioether (sulfide) groups is 1. The molecule has 0 radical (unpaired) electrons. The van der Waals surface area contributed by atoms with Crippen molar-refractivity contribution in [1.82, 2.24) is 0 Å². The Bertz CT molecular complexity index is 352. The van der Waals surface area contributed by atoms with Gasteiger partial charge < -0.3 is 5.11 Å². The van der Waals surface area contributed by atoms with Crippen LogP contribution in [0.5, 0.6) is 0 Å². The number of hydrogen-bond donors (Lipinski definition) is 1. The summed E-state index contributed by atoms with van der Waals surface area (Å²) in [5.41, 5.74) is 0.908. The van der Waals surface area contributed by atoms with Crippen molar-refractivity contribution >= 4 is 23.8 Å². The van der Waals surface area contributed by atoms with Gasteiger partial charge in [-0.3, -0.25) is 0 Å². The van der Waals surface area contributed by atoms with E-state index in [4.69, 9.17) is 5.11 Å². The molecule has 0 spiro atoms. The molecule has 0 aliphatic rings. The van der Waals surface area contributed by atoms with Gasteiger partial charge in [0.05, 0.1) is 0 Å². The van der Waals surface area contributed by atoms with E-state index in [-0.39, 0.29) is 0 Å². The third-order valence-electron chi connectivity index (χ3n) is 1.67. The molecule has 2 nitrogen and oxygen atoms in total.